The first-order valence-electron chi connectivity index (χ1n) is 8.78. The van der Waals surface area contributed by atoms with E-state index in [-0.39, 0.29) is 5.54 Å². The number of piperidine rings is 1. The molecule has 2 fully saturated rings. The summed E-state index contributed by atoms with van der Waals surface area (Å²) < 4.78 is 29.8. The van der Waals surface area contributed by atoms with Gasteiger partial charge < -0.3 is 4.90 Å². The lowest BCUT2D eigenvalue weighted by atomic mass is 9.89. The Morgan fingerprint density at radius 3 is 2.32 bits per heavy atom. The van der Waals surface area contributed by atoms with Crippen molar-refractivity contribution in [1.82, 2.24) is 13.9 Å². The molecule has 0 aromatic heterocycles. The summed E-state index contributed by atoms with van der Waals surface area (Å²) in [7, 11) is 0.829. The van der Waals surface area contributed by atoms with Gasteiger partial charge in [0.1, 0.15) is 0 Å². The molecule has 5 nitrogen and oxygen atoms in total. The van der Waals surface area contributed by atoms with Gasteiger partial charge in [0, 0.05) is 25.2 Å². The second-order valence-corrected chi connectivity index (χ2v) is 9.22. The molecule has 0 spiro atoms. The number of nitrogens with zero attached hydrogens (tertiary/aromatic N) is 2. The molecule has 1 aliphatic carbocycles. The van der Waals surface area contributed by atoms with Crippen molar-refractivity contribution in [3.8, 4) is 0 Å². The zero-order valence-electron chi connectivity index (χ0n) is 14.5. The summed E-state index contributed by atoms with van der Waals surface area (Å²) in [6.45, 7) is 3.99. The Morgan fingerprint density at radius 1 is 1.14 bits per heavy atom. The van der Waals surface area contributed by atoms with E-state index >= 15 is 0 Å². The highest BCUT2D eigenvalue weighted by atomic mass is 32.2. The number of nitrogens with one attached hydrogen (secondary N) is 1. The Morgan fingerprint density at radius 2 is 1.77 bits per heavy atom. The van der Waals surface area contributed by atoms with Gasteiger partial charge in [0.2, 0.25) is 0 Å². The lowest BCUT2D eigenvalue weighted by Gasteiger charge is -2.40. The van der Waals surface area contributed by atoms with Crippen LogP contribution >= 0.6 is 0 Å². The van der Waals surface area contributed by atoms with Crippen molar-refractivity contribution in [3.63, 3.8) is 0 Å². The summed E-state index contributed by atoms with van der Waals surface area (Å²) in [6.07, 6.45) is 9.20. The zero-order valence-corrected chi connectivity index (χ0v) is 15.3. The number of hydrogen-bond donors (Lipinski definition) is 1. The van der Waals surface area contributed by atoms with Crippen molar-refractivity contribution in [2.45, 2.75) is 63.8 Å². The van der Waals surface area contributed by atoms with Crippen LogP contribution in [-0.4, -0.2) is 56.9 Å². The largest absolute Gasteiger partial charge is 0.302 e. The van der Waals surface area contributed by atoms with Crippen LogP contribution in [0.15, 0.2) is 0 Å². The van der Waals surface area contributed by atoms with Crippen LogP contribution in [0.3, 0.4) is 0 Å². The van der Waals surface area contributed by atoms with E-state index in [1.165, 1.54) is 25.7 Å². The summed E-state index contributed by atoms with van der Waals surface area (Å²) in [5.74, 6) is 0.464. The molecule has 1 saturated carbocycles. The molecular formula is C16H33N3O2S. The van der Waals surface area contributed by atoms with Gasteiger partial charge in [-0.2, -0.15) is 12.7 Å². The molecule has 1 N–H and O–H groups in total. The van der Waals surface area contributed by atoms with Crippen molar-refractivity contribution in [3.05, 3.63) is 0 Å². The fourth-order valence-corrected chi connectivity index (χ4v) is 5.30. The number of likely N-dealkylation sites (N-methyl/N-ethyl adjacent to an activating group) is 1. The molecule has 0 bridgehead atoms. The topological polar surface area (TPSA) is 52.7 Å². The minimum absolute atomic E-state index is 0.0228. The van der Waals surface area contributed by atoms with E-state index in [0.29, 0.717) is 25.6 Å². The Bertz CT molecular complexity index is 442. The summed E-state index contributed by atoms with van der Waals surface area (Å²) in [5.41, 5.74) is -0.0228. The molecule has 22 heavy (non-hydrogen) atoms. The van der Waals surface area contributed by atoms with Crippen LogP contribution in [0, 0.1) is 5.92 Å². The standard InChI is InChI=1S/C16H33N3O2S/c1-15-9-8-12-19(13-15)22(20,21)17-14-16(18(2)3)10-6-4-5-7-11-16/h15,17H,4-14H2,1-3H3/t15-/m0/s1. The summed E-state index contributed by atoms with van der Waals surface area (Å²) in [6, 6.07) is 0. The first kappa shape index (κ1) is 18.2. The van der Waals surface area contributed by atoms with Gasteiger partial charge in [0.15, 0.2) is 0 Å². The van der Waals surface area contributed by atoms with Crippen LogP contribution in [0.5, 0.6) is 0 Å². The minimum Gasteiger partial charge on any atom is -0.302 e. The number of rotatable bonds is 5. The first-order chi connectivity index (χ1) is 10.4. The van der Waals surface area contributed by atoms with Crippen LogP contribution in [0.4, 0.5) is 0 Å². The van der Waals surface area contributed by atoms with Crippen LogP contribution in [0.25, 0.3) is 0 Å². The molecule has 2 aliphatic rings. The SMILES string of the molecule is C[C@H]1CCCN(S(=O)(=O)NCC2(N(C)C)CCCCCC2)C1. The molecule has 1 saturated heterocycles. The van der Waals surface area contributed by atoms with Crippen LogP contribution in [0.2, 0.25) is 0 Å². The van der Waals surface area contributed by atoms with Gasteiger partial charge in [-0.3, -0.25) is 0 Å². The van der Waals surface area contributed by atoms with Crippen molar-refractivity contribution in [1.29, 1.82) is 0 Å². The van der Waals surface area contributed by atoms with Crippen LogP contribution in [-0.2, 0) is 10.2 Å². The van der Waals surface area contributed by atoms with Crippen LogP contribution < -0.4 is 4.72 Å². The molecule has 0 aromatic carbocycles. The summed E-state index contributed by atoms with van der Waals surface area (Å²) in [5, 5.41) is 0. The molecular weight excluding hydrogens is 298 g/mol. The van der Waals surface area contributed by atoms with Gasteiger partial charge in [0.05, 0.1) is 0 Å². The zero-order chi connectivity index (χ0) is 16.2. The second kappa shape index (κ2) is 7.60. The minimum atomic E-state index is -3.34. The molecule has 0 amide bonds. The van der Waals surface area contributed by atoms with Gasteiger partial charge in [-0.1, -0.05) is 32.6 Å². The van der Waals surface area contributed by atoms with E-state index in [9.17, 15) is 8.42 Å². The van der Waals surface area contributed by atoms with Gasteiger partial charge in [-0.05, 0) is 45.7 Å². The van der Waals surface area contributed by atoms with E-state index in [0.717, 1.165) is 25.7 Å². The van der Waals surface area contributed by atoms with Crippen molar-refractivity contribution in [2.24, 2.45) is 5.92 Å². The fourth-order valence-electron chi connectivity index (χ4n) is 3.85. The quantitative estimate of drug-likeness (QED) is 0.786. The normalized spacial score (nSPS) is 27.7. The predicted octanol–water partition coefficient (Wildman–Crippen LogP) is 2.21. The third kappa shape index (κ3) is 4.43. The molecule has 6 heteroatoms. The Kier molecular flexibility index (Phi) is 6.28. The third-order valence-corrected chi connectivity index (χ3v) is 7.05. The lowest BCUT2D eigenvalue weighted by molar-refractivity contribution is 0.132. The highest BCUT2D eigenvalue weighted by Crippen LogP contribution is 2.31. The van der Waals surface area contributed by atoms with Crippen LogP contribution in [0.1, 0.15) is 58.3 Å². The van der Waals surface area contributed by atoms with Crippen molar-refractivity contribution in [2.75, 3.05) is 33.7 Å². The lowest BCUT2D eigenvalue weighted by Crippen LogP contribution is -2.55. The smallest absolute Gasteiger partial charge is 0.279 e. The maximum absolute atomic E-state index is 12.6. The molecule has 1 atom stereocenters. The van der Waals surface area contributed by atoms with Gasteiger partial charge in [0.25, 0.3) is 10.2 Å². The Hall–Kier alpha value is -0.170. The van der Waals surface area contributed by atoms with E-state index in [2.05, 4.69) is 30.6 Å². The van der Waals surface area contributed by atoms with E-state index in [1.807, 2.05) is 0 Å². The van der Waals surface area contributed by atoms with Crippen molar-refractivity contribution >= 4 is 10.2 Å². The molecule has 0 unspecified atom stereocenters. The maximum atomic E-state index is 12.6. The molecule has 1 aliphatic heterocycles. The second-order valence-electron chi connectivity index (χ2n) is 7.46. The highest BCUT2D eigenvalue weighted by Gasteiger charge is 2.36. The molecule has 130 valence electrons. The molecule has 0 aromatic rings. The fraction of sp³-hybridized carbons (Fsp3) is 1.00. The Balaban J connectivity index is 2.01. The molecule has 1 heterocycles. The van der Waals surface area contributed by atoms with Gasteiger partial charge in [-0.15, -0.1) is 0 Å². The van der Waals surface area contributed by atoms with Gasteiger partial charge in [-0.25, -0.2) is 4.72 Å². The summed E-state index contributed by atoms with van der Waals surface area (Å²) >= 11 is 0. The average molecular weight is 332 g/mol. The predicted molar refractivity (Wildman–Crippen MR) is 91.0 cm³/mol. The van der Waals surface area contributed by atoms with E-state index in [4.69, 9.17) is 0 Å². The van der Waals surface area contributed by atoms with E-state index in [1.54, 1.807) is 4.31 Å². The molecule has 2 rings (SSSR count). The number of hydrogen-bond acceptors (Lipinski definition) is 3. The maximum Gasteiger partial charge on any atom is 0.279 e. The van der Waals surface area contributed by atoms with E-state index < -0.39 is 10.2 Å². The average Bonchev–Trinajstić information content (AvgIpc) is 2.72. The Labute approximate surface area is 136 Å². The highest BCUT2D eigenvalue weighted by molar-refractivity contribution is 7.87. The first-order valence-corrected chi connectivity index (χ1v) is 10.2. The third-order valence-electron chi connectivity index (χ3n) is 5.53. The van der Waals surface area contributed by atoms with Crippen molar-refractivity contribution < 1.29 is 8.42 Å². The molecule has 0 radical (unpaired) electrons. The monoisotopic (exact) mass is 331 g/mol. The van der Waals surface area contributed by atoms with Gasteiger partial charge >= 0.3 is 0 Å². The summed E-state index contributed by atoms with van der Waals surface area (Å²) in [4.78, 5) is 2.24.